The molecule has 0 unspecified atom stereocenters. The minimum Gasteiger partial charge on any atom is -0.339 e. The van der Waals surface area contributed by atoms with Gasteiger partial charge in [0, 0.05) is 44.0 Å². The minimum atomic E-state index is 0.529. The van der Waals surface area contributed by atoms with Crippen molar-refractivity contribution in [2.75, 3.05) is 20.1 Å². The summed E-state index contributed by atoms with van der Waals surface area (Å²) < 4.78 is 7.58. The molecule has 130 valence electrons. The van der Waals surface area contributed by atoms with E-state index in [1.807, 2.05) is 6.20 Å². The van der Waals surface area contributed by atoms with Crippen molar-refractivity contribution in [2.45, 2.75) is 57.8 Å². The molecule has 1 atom stereocenters. The molecule has 1 saturated carbocycles. The predicted octanol–water partition coefficient (Wildman–Crippen LogP) is 1.87. The lowest BCUT2D eigenvalue weighted by Crippen LogP contribution is -2.34. The van der Waals surface area contributed by atoms with Gasteiger partial charge in [0.15, 0.2) is 5.82 Å². The van der Waals surface area contributed by atoms with Crippen LogP contribution in [0.1, 0.15) is 49.6 Å². The molecule has 1 aliphatic heterocycles. The third-order valence-electron chi connectivity index (χ3n) is 5.18. The quantitative estimate of drug-likeness (QED) is 0.772. The maximum atomic E-state index is 5.36. The molecule has 0 spiro atoms. The highest BCUT2D eigenvalue weighted by atomic mass is 16.5. The first-order valence-electron chi connectivity index (χ1n) is 8.98. The topological polar surface area (TPSA) is 63.2 Å². The fourth-order valence-electron chi connectivity index (χ4n) is 3.48. The zero-order chi connectivity index (χ0) is 16.5. The lowest BCUT2D eigenvalue weighted by Gasteiger charge is -2.23. The van der Waals surface area contributed by atoms with E-state index in [0.29, 0.717) is 12.0 Å². The van der Waals surface area contributed by atoms with Crippen molar-refractivity contribution in [2.24, 2.45) is 0 Å². The Morgan fingerprint density at radius 1 is 1.33 bits per heavy atom. The second-order valence-corrected chi connectivity index (χ2v) is 7.05. The van der Waals surface area contributed by atoms with Crippen molar-refractivity contribution in [1.82, 2.24) is 29.5 Å². The van der Waals surface area contributed by atoms with E-state index >= 15 is 0 Å². The van der Waals surface area contributed by atoms with Gasteiger partial charge in [-0.1, -0.05) is 5.16 Å². The molecule has 24 heavy (non-hydrogen) atoms. The summed E-state index contributed by atoms with van der Waals surface area (Å²) in [5.74, 6) is 3.34. The van der Waals surface area contributed by atoms with E-state index in [0.717, 1.165) is 50.3 Å². The highest BCUT2D eigenvalue weighted by Crippen LogP contribution is 2.38. The lowest BCUT2D eigenvalue weighted by molar-refractivity contribution is 0.214. The van der Waals surface area contributed by atoms with Crippen molar-refractivity contribution in [3.05, 3.63) is 29.9 Å². The van der Waals surface area contributed by atoms with E-state index in [9.17, 15) is 0 Å². The van der Waals surface area contributed by atoms with Gasteiger partial charge < -0.3 is 9.09 Å². The SMILES string of the molecule is CCn1ccnc1CN1CC[C@H](N(C)Cc2noc(C3CC3)n2)C1. The van der Waals surface area contributed by atoms with Crippen LogP contribution < -0.4 is 0 Å². The van der Waals surface area contributed by atoms with Crippen LogP contribution in [-0.4, -0.2) is 55.7 Å². The van der Waals surface area contributed by atoms with Gasteiger partial charge in [0.2, 0.25) is 5.89 Å². The van der Waals surface area contributed by atoms with Crippen molar-refractivity contribution < 1.29 is 4.52 Å². The Bertz CT molecular complexity index is 676. The standard InChI is InChI=1S/C17H26N6O/c1-3-23-9-7-18-16(23)12-22-8-6-14(10-22)21(2)11-15-19-17(24-20-15)13-4-5-13/h7,9,13-14H,3-6,8,10-12H2,1-2H3/t14-/m0/s1. The smallest absolute Gasteiger partial charge is 0.229 e. The number of aryl methyl sites for hydroxylation is 1. The van der Waals surface area contributed by atoms with Gasteiger partial charge >= 0.3 is 0 Å². The third-order valence-corrected chi connectivity index (χ3v) is 5.18. The van der Waals surface area contributed by atoms with Gasteiger partial charge in [-0.2, -0.15) is 4.98 Å². The second kappa shape index (κ2) is 6.64. The normalized spacial score (nSPS) is 21.9. The van der Waals surface area contributed by atoms with Crippen LogP contribution in [0, 0.1) is 0 Å². The van der Waals surface area contributed by atoms with E-state index in [4.69, 9.17) is 4.52 Å². The fourth-order valence-corrected chi connectivity index (χ4v) is 3.48. The molecule has 0 N–H and O–H groups in total. The Morgan fingerprint density at radius 2 is 2.21 bits per heavy atom. The summed E-state index contributed by atoms with van der Waals surface area (Å²) in [6, 6.07) is 0.540. The van der Waals surface area contributed by atoms with E-state index in [1.54, 1.807) is 0 Å². The van der Waals surface area contributed by atoms with E-state index in [2.05, 4.69) is 49.7 Å². The molecule has 7 heteroatoms. The van der Waals surface area contributed by atoms with Gasteiger partial charge in [0.1, 0.15) is 5.82 Å². The van der Waals surface area contributed by atoms with Crippen molar-refractivity contribution in [3.63, 3.8) is 0 Å². The summed E-state index contributed by atoms with van der Waals surface area (Å²) in [6.45, 7) is 7.02. The van der Waals surface area contributed by atoms with Gasteiger partial charge in [-0.25, -0.2) is 4.98 Å². The molecule has 0 amide bonds. The average Bonchev–Trinajstić information content (AvgIpc) is 3.00. The summed E-state index contributed by atoms with van der Waals surface area (Å²) >= 11 is 0. The molecule has 2 fully saturated rings. The summed E-state index contributed by atoms with van der Waals surface area (Å²) in [5, 5.41) is 4.14. The summed E-state index contributed by atoms with van der Waals surface area (Å²) in [7, 11) is 2.16. The van der Waals surface area contributed by atoms with E-state index < -0.39 is 0 Å². The third kappa shape index (κ3) is 3.37. The molecule has 7 nitrogen and oxygen atoms in total. The molecule has 0 radical (unpaired) electrons. The maximum absolute atomic E-state index is 5.36. The van der Waals surface area contributed by atoms with Crippen molar-refractivity contribution in [1.29, 1.82) is 0 Å². The maximum Gasteiger partial charge on any atom is 0.229 e. The van der Waals surface area contributed by atoms with Crippen LogP contribution in [0.15, 0.2) is 16.9 Å². The van der Waals surface area contributed by atoms with Crippen LogP contribution >= 0.6 is 0 Å². The number of rotatable bonds is 7. The van der Waals surface area contributed by atoms with Crippen molar-refractivity contribution in [3.8, 4) is 0 Å². The molecule has 0 bridgehead atoms. The molecule has 2 aromatic heterocycles. The number of likely N-dealkylation sites (N-methyl/N-ethyl adjacent to an activating group) is 1. The minimum absolute atomic E-state index is 0.529. The molecule has 3 heterocycles. The predicted molar refractivity (Wildman–Crippen MR) is 89.3 cm³/mol. The van der Waals surface area contributed by atoms with Crippen LogP contribution in [-0.2, 0) is 19.6 Å². The number of nitrogens with zero attached hydrogens (tertiary/aromatic N) is 6. The van der Waals surface area contributed by atoms with Crippen LogP contribution in [0.3, 0.4) is 0 Å². The molecule has 1 saturated heterocycles. The molecule has 2 aliphatic rings. The summed E-state index contributed by atoms with van der Waals surface area (Å²) in [5.41, 5.74) is 0. The van der Waals surface area contributed by atoms with Gasteiger partial charge in [0.05, 0.1) is 13.1 Å². The zero-order valence-corrected chi connectivity index (χ0v) is 14.6. The van der Waals surface area contributed by atoms with Gasteiger partial charge in [-0.15, -0.1) is 0 Å². The second-order valence-electron chi connectivity index (χ2n) is 7.05. The molecular weight excluding hydrogens is 304 g/mol. The highest BCUT2D eigenvalue weighted by molar-refractivity contribution is 5.02. The Labute approximate surface area is 142 Å². The largest absolute Gasteiger partial charge is 0.339 e. The molecule has 0 aromatic carbocycles. The van der Waals surface area contributed by atoms with Crippen LogP contribution in [0.25, 0.3) is 0 Å². The molecule has 4 rings (SSSR count). The monoisotopic (exact) mass is 330 g/mol. The van der Waals surface area contributed by atoms with Crippen molar-refractivity contribution >= 4 is 0 Å². The molecule has 1 aliphatic carbocycles. The first kappa shape index (κ1) is 15.8. The van der Waals surface area contributed by atoms with Crippen LogP contribution in [0.2, 0.25) is 0 Å². The fraction of sp³-hybridized carbons (Fsp3) is 0.706. The number of hydrogen-bond donors (Lipinski definition) is 0. The Hall–Kier alpha value is -1.73. The number of likely N-dealkylation sites (tertiary alicyclic amines) is 1. The number of hydrogen-bond acceptors (Lipinski definition) is 6. The Balaban J connectivity index is 1.30. The first-order valence-corrected chi connectivity index (χ1v) is 8.98. The highest BCUT2D eigenvalue weighted by Gasteiger charge is 2.31. The number of imidazole rings is 1. The van der Waals surface area contributed by atoms with Gasteiger partial charge in [-0.05, 0) is 33.2 Å². The number of aromatic nitrogens is 4. The van der Waals surface area contributed by atoms with Gasteiger partial charge in [-0.3, -0.25) is 9.80 Å². The average molecular weight is 330 g/mol. The van der Waals surface area contributed by atoms with Gasteiger partial charge in [0.25, 0.3) is 0 Å². The van der Waals surface area contributed by atoms with Crippen LogP contribution in [0.5, 0.6) is 0 Å². The van der Waals surface area contributed by atoms with E-state index in [1.165, 1.54) is 19.3 Å². The summed E-state index contributed by atoms with van der Waals surface area (Å²) in [6.07, 6.45) is 7.52. The molecule has 2 aromatic rings. The zero-order valence-electron chi connectivity index (χ0n) is 14.6. The lowest BCUT2D eigenvalue weighted by atomic mass is 10.2. The first-order chi connectivity index (χ1) is 11.7. The van der Waals surface area contributed by atoms with Crippen LogP contribution in [0.4, 0.5) is 0 Å². The van der Waals surface area contributed by atoms with E-state index in [-0.39, 0.29) is 0 Å². The Kier molecular flexibility index (Phi) is 4.37. The summed E-state index contributed by atoms with van der Waals surface area (Å²) in [4.78, 5) is 13.9. The Morgan fingerprint density at radius 3 is 3.00 bits per heavy atom. The molecular formula is C17H26N6O.